The number of aryl methyl sites for hydroxylation is 3. The average Bonchev–Trinajstić information content (AvgIpc) is 3.72. The van der Waals surface area contributed by atoms with Crippen molar-refractivity contribution in [3.63, 3.8) is 0 Å². The fourth-order valence-electron chi connectivity index (χ4n) is 7.58. The molecule has 2 aliphatic heterocycles. The number of methoxy groups -OCH3 is 2. The molecule has 0 radical (unpaired) electrons. The molecule has 2 aromatic heterocycles. The Morgan fingerprint density at radius 2 is 1.05 bits per heavy atom. The number of ether oxygens (including phenoxy) is 2. The fraction of sp³-hybridized carbons (Fsp3) is 0.273. The minimum Gasteiger partial charge on any atom is -0.497 e. The van der Waals surface area contributed by atoms with Crippen LogP contribution in [0.25, 0.3) is 11.4 Å². The van der Waals surface area contributed by atoms with Crippen LogP contribution in [0.15, 0.2) is 94.9 Å². The normalized spacial score (nSPS) is 15.5. The lowest BCUT2D eigenvalue weighted by Gasteiger charge is -2.14. The second-order valence-electron chi connectivity index (χ2n) is 14.3. The van der Waals surface area contributed by atoms with Crippen LogP contribution in [0.1, 0.15) is 95.3 Å². The molecular formula is C44H41ClN8O4. The SMILES string of the molecule is COc1ccc2c(c1)C(c1ccc(C)cc1)=N[C@@H](CC(=O)CCCC(=O)C[C@@H]1N=C(c3ccc(Cl)cc3)c3cc(OC)ccc3-n3c(C)nnc31)c1nnc(C)n1-2. The van der Waals surface area contributed by atoms with Crippen molar-refractivity contribution in [3.8, 4) is 22.9 Å². The van der Waals surface area contributed by atoms with E-state index in [9.17, 15) is 9.59 Å². The maximum Gasteiger partial charge on any atom is 0.162 e. The van der Waals surface area contributed by atoms with Crippen molar-refractivity contribution < 1.29 is 19.1 Å². The highest BCUT2D eigenvalue weighted by atomic mass is 35.5. The zero-order valence-electron chi connectivity index (χ0n) is 32.4. The highest BCUT2D eigenvalue weighted by Gasteiger charge is 2.32. The molecule has 0 amide bonds. The van der Waals surface area contributed by atoms with E-state index in [0.717, 1.165) is 44.9 Å². The number of carbonyl (C=O) groups excluding carboxylic acids is 2. The van der Waals surface area contributed by atoms with Crippen molar-refractivity contribution in [2.45, 2.75) is 65.0 Å². The Bertz CT molecular complexity index is 2390. The number of halogens is 1. The largest absolute Gasteiger partial charge is 0.497 e. The minimum absolute atomic E-state index is 0.0205. The van der Waals surface area contributed by atoms with E-state index < -0.39 is 12.1 Å². The maximum absolute atomic E-state index is 13.8. The van der Waals surface area contributed by atoms with Crippen molar-refractivity contribution in [3.05, 3.63) is 141 Å². The number of Topliss-reactive ketones (excluding diaryl/α,β-unsaturated/α-hetero) is 2. The minimum atomic E-state index is -0.617. The summed E-state index contributed by atoms with van der Waals surface area (Å²) < 4.78 is 15.1. The predicted molar refractivity (Wildman–Crippen MR) is 218 cm³/mol. The van der Waals surface area contributed by atoms with E-state index in [1.54, 1.807) is 14.2 Å². The van der Waals surface area contributed by atoms with Crippen LogP contribution in [0.2, 0.25) is 5.02 Å². The van der Waals surface area contributed by atoms with Gasteiger partial charge in [-0.1, -0.05) is 53.6 Å². The van der Waals surface area contributed by atoms with Gasteiger partial charge in [0.2, 0.25) is 0 Å². The molecule has 4 aromatic carbocycles. The molecule has 13 heteroatoms. The number of ketones is 2. The highest BCUT2D eigenvalue weighted by molar-refractivity contribution is 6.30. The molecular weight excluding hydrogens is 740 g/mol. The Morgan fingerprint density at radius 1 is 0.614 bits per heavy atom. The molecule has 0 saturated carbocycles. The van der Waals surface area contributed by atoms with E-state index in [0.29, 0.717) is 52.0 Å². The summed E-state index contributed by atoms with van der Waals surface area (Å²) >= 11 is 6.26. The number of rotatable bonds is 12. The number of hydrogen-bond donors (Lipinski definition) is 0. The first kappa shape index (κ1) is 37.6. The van der Waals surface area contributed by atoms with E-state index in [-0.39, 0.29) is 37.2 Å². The van der Waals surface area contributed by atoms with Crippen LogP contribution < -0.4 is 9.47 Å². The van der Waals surface area contributed by atoms with Crippen molar-refractivity contribution in [2.75, 3.05) is 14.2 Å². The van der Waals surface area contributed by atoms with E-state index in [1.807, 2.05) is 115 Å². The zero-order valence-corrected chi connectivity index (χ0v) is 33.1. The van der Waals surface area contributed by atoms with E-state index in [2.05, 4.69) is 20.4 Å². The topological polar surface area (TPSA) is 139 Å². The smallest absolute Gasteiger partial charge is 0.162 e. The van der Waals surface area contributed by atoms with E-state index in [4.69, 9.17) is 31.1 Å². The zero-order chi connectivity index (χ0) is 39.8. The molecule has 0 fully saturated rings. The predicted octanol–water partition coefficient (Wildman–Crippen LogP) is 8.02. The number of carbonyl (C=O) groups is 2. The van der Waals surface area contributed by atoms with Gasteiger partial charge in [0.05, 0.1) is 37.0 Å². The van der Waals surface area contributed by atoms with Gasteiger partial charge in [-0.25, -0.2) is 0 Å². The van der Waals surface area contributed by atoms with Gasteiger partial charge in [0.1, 0.15) is 46.8 Å². The standard InChI is InChI=1S/C44H41ClN8O4/c1-25-9-11-28(12-10-25)41-35-23-33(56-4)17-19-39(35)52-26(2)48-50-43(52)37(46-41)21-31(54)7-6-8-32(55)22-38-44-51-49-27(3)53(44)40-20-18-34(57-5)24-36(40)42(47-38)29-13-15-30(45)16-14-29/h9-20,23-24,37-38H,6-8,21-22H2,1-5H3/t37-,38-/m0/s1. The van der Waals surface area contributed by atoms with Crippen LogP contribution in [0.3, 0.4) is 0 Å². The Balaban J connectivity index is 1.03. The molecule has 4 heterocycles. The van der Waals surface area contributed by atoms with Crippen LogP contribution in [0.5, 0.6) is 11.5 Å². The van der Waals surface area contributed by atoms with Gasteiger partial charge in [-0.3, -0.25) is 28.7 Å². The summed E-state index contributed by atoms with van der Waals surface area (Å²) in [5.74, 6) is 3.83. The summed E-state index contributed by atoms with van der Waals surface area (Å²) in [5, 5.41) is 18.4. The molecule has 6 aromatic rings. The van der Waals surface area contributed by atoms with Gasteiger partial charge in [-0.2, -0.15) is 0 Å². The quantitative estimate of drug-likeness (QED) is 0.122. The van der Waals surface area contributed by atoms with Crippen LogP contribution in [0.4, 0.5) is 0 Å². The van der Waals surface area contributed by atoms with Crippen LogP contribution >= 0.6 is 11.6 Å². The van der Waals surface area contributed by atoms with Gasteiger partial charge < -0.3 is 9.47 Å². The molecule has 57 heavy (non-hydrogen) atoms. The molecule has 288 valence electrons. The van der Waals surface area contributed by atoms with Gasteiger partial charge in [-0.05, 0) is 75.7 Å². The molecule has 2 atom stereocenters. The lowest BCUT2D eigenvalue weighted by molar-refractivity contribution is -0.120. The molecule has 0 saturated heterocycles. The van der Waals surface area contributed by atoms with Gasteiger partial charge >= 0.3 is 0 Å². The monoisotopic (exact) mass is 780 g/mol. The van der Waals surface area contributed by atoms with Crippen LogP contribution in [0, 0.1) is 20.8 Å². The number of hydrogen-bond acceptors (Lipinski definition) is 10. The van der Waals surface area contributed by atoms with Gasteiger partial charge in [0, 0.05) is 53.0 Å². The third-order valence-electron chi connectivity index (χ3n) is 10.5. The van der Waals surface area contributed by atoms with Gasteiger partial charge in [0.15, 0.2) is 11.6 Å². The molecule has 2 aliphatic rings. The first-order valence-electron chi connectivity index (χ1n) is 18.8. The molecule has 0 unspecified atom stereocenters. The second-order valence-corrected chi connectivity index (χ2v) is 14.8. The number of aromatic nitrogens is 6. The number of aliphatic imine (C=N–C) groups is 2. The summed E-state index contributed by atoms with van der Waals surface area (Å²) in [7, 11) is 3.25. The lowest BCUT2D eigenvalue weighted by atomic mass is 9.98. The molecule has 8 rings (SSSR count). The van der Waals surface area contributed by atoms with E-state index >= 15 is 0 Å². The first-order valence-corrected chi connectivity index (χ1v) is 19.2. The second kappa shape index (κ2) is 15.7. The van der Waals surface area contributed by atoms with E-state index in [1.165, 1.54) is 0 Å². The summed E-state index contributed by atoms with van der Waals surface area (Å²) in [6.07, 6.45) is 0.979. The summed E-state index contributed by atoms with van der Waals surface area (Å²) in [6.45, 7) is 5.81. The highest BCUT2D eigenvalue weighted by Crippen LogP contribution is 2.37. The molecule has 0 spiro atoms. The molecule has 0 aliphatic carbocycles. The third kappa shape index (κ3) is 7.40. The van der Waals surface area contributed by atoms with Crippen molar-refractivity contribution in [2.24, 2.45) is 9.98 Å². The molecule has 12 nitrogen and oxygen atoms in total. The third-order valence-corrected chi connectivity index (χ3v) is 10.7. The Labute approximate surface area is 335 Å². The van der Waals surface area contributed by atoms with Crippen molar-refractivity contribution >= 4 is 34.6 Å². The van der Waals surface area contributed by atoms with Gasteiger partial charge in [-0.15, -0.1) is 20.4 Å². The Hall–Kier alpha value is -6.27. The first-order chi connectivity index (χ1) is 27.6. The number of nitrogens with zero attached hydrogens (tertiary/aromatic N) is 8. The maximum atomic E-state index is 13.8. The van der Waals surface area contributed by atoms with Crippen molar-refractivity contribution in [1.82, 2.24) is 29.5 Å². The summed E-state index contributed by atoms with van der Waals surface area (Å²) in [5.41, 5.74) is 7.70. The number of benzene rings is 4. The lowest BCUT2D eigenvalue weighted by Crippen LogP contribution is -2.13. The van der Waals surface area contributed by atoms with Crippen molar-refractivity contribution in [1.29, 1.82) is 0 Å². The Kier molecular flexibility index (Phi) is 10.4. The summed E-state index contributed by atoms with van der Waals surface area (Å²) in [6, 6.07) is 26.0. The van der Waals surface area contributed by atoms with Crippen LogP contribution in [-0.2, 0) is 9.59 Å². The fourth-order valence-corrected chi connectivity index (χ4v) is 7.70. The number of fused-ring (bicyclic) bond motifs is 6. The molecule has 0 N–H and O–H groups in total. The summed E-state index contributed by atoms with van der Waals surface area (Å²) in [4.78, 5) is 37.9. The van der Waals surface area contributed by atoms with Crippen LogP contribution in [-0.4, -0.2) is 66.7 Å². The average molecular weight is 781 g/mol. The Morgan fingerprint density at radius 3 is 1.49 bits per heavy atom. The van der Waals surface area contributed by atoms with Gasteiger partial charge in [0.25, 0.3) is 0 Å². The molecule has 0 bridgehead atoms.